The fourth-order valence-corrected chi connectivity index (χ4v) is 2.67. The first-order valence-corrected chi connectivity index (χ1v) is 8.17. The number of piperazine rings is 1. The second kappa shape index (κ2) is 8.47. The molecule has 1 heterocycles. The van der Waals surface area contributed by atoms with Gasteiger partial charge < -0.3 is 14.5 Å². The van der Waals surface area contributed by atoms with E-state index < -0.39 is 0 Å². The second-order valence-corrected chi connectivity index (χ2v) is 6.00. The Labute approximate surface area is 142 Å². The molecule has 0 bridgehead atoms. The van der Waals surface area contributed by atoms with Gasteiger partial charge in [0.25, 0.3) is 0 Å². The van der Waals surface area contributed by atoms with Crippen LogP contribution >= 0.6 is 0 Å². The van der Waals surface area contributed by atoms with Crippen LogP contribution in [0.25, 0.3) is 0 Å². The summed E-state index contributed by atoms with van der Waals surface area (Å²) in [6.07, 6.45) is 0.641. The van der Waals surface area contributed by atoms with Crippen LogP contribution in [0.3, 0.4) is 0 Å². The first kappa shape index (κ1) is 18.0. The van der Waals surface area contributed by atoms with E-state index >= 15 is 0 Å². The summed E-state index contributed by atoms with van der Waals surface area (Å²) in [6.45, 7) is 4.12. The Balaban J connectivity index is 1.77. The van der Waals surface area contributed by atoms with Crippen molar-refractivity contribution in [2.24, 2.45) is 0 Å². The Morgan fingerprint density at radius 1 is 0.917 bits per heavy atom. The standard InChI is InChI=1S/C18H24N2O4/c1-14-3-5-15(6-4-14)13-17(22)20-11-9-19(10-12-20)16(21)7-8-18(23)24-2/h3-6H,7-13H2,1-2H3. The highest BCUT2D eigenvalue weighted by Crippen LogP contribution is 2.10. The molecule has 0 aromatic heterocycles. The van der Waals surface area contributed by atoms with Crippen LogP contribution in [0.5, 0.6) is 0 Å². The molecule has 130 valence electrons. The van der Waals surface area contributed by atoms with E-state index in [0.29, 0.717) is 32.6 Å². The van der Waals surface area contributed by atoms with Gasteiger partial charge in [-0.2, -0.15) is 0 Å². The molecule has 1 aliphatic rings. The van der Waals surface area contributed by atoms with Gasteiger partial charge in [-0.1, -0.05) is 29.8 Å². The molecule has 1 aromatic carbocycles. The van der Waals surface area contributed by atoms with Gasteiger partial charge in [-0.05, 0) is 12.5 Å². The zero-order chi connectivity index (χ0) is 17.5. The lowest BCUT2D eigenvalue weighted by molar-refractivity contribution is -0.144. The average molecular weight is 332 g/mol. The third kappa shape index (κ3) is 5.08. The number of aryl methyl sites for hydroxylation is 1. The van der Waals surface area contributed by atoms with Gasteiger partial charge in [-0.15, -0.1) is 0 Å². The topological polar surface area (TPSA) is 66.9 Å². The largest absolute Gasteiger partial charge is 0.469 e. The molecule has 24 heavy (non-hydrogen) atoms. The van der Waals surface area contributed by atoms with Crippen molar-refractivity contribution in [1.82, 2.24) is 9.80 Å². The number of ether oxygens (including phenoxy) is 1. The van der Waals surface area contributed by atoms with Crippen molar-refractivity contribution < 1.29 is 19.1 Å². The maximum atomic E-state index is 12.3. The molecule has 0 spiro atoms. The zero-order valence-electron chi connectivity index (χ0n) is 14.3. The van der Waals surface area contributed by atoms with Gasteiger partial charge in [0, 0.05) is 32.6 Å². The summed E-state index contributed by atoms with van der Waals surface area (Å²) < 4.78 is 4.54. The summed E-state index contributed by atoms with van der Waals surface area (Å²) in [5.41, 5.74) is 2.17. The fraction of sp³-hybridized carbons (Fsp3) is 0.500. The molecular formula is C18H24N2O4. The van der Waals surface area contributed by atoms with Gasteiger partial charge in [0.15, 0.2) is 0 Å². The van der Waals surface area contributed by atoms with Crippen LogP contribution in [-0.4, -0.2) is 60.9 Å². The Morgan fingerprint density at radius 2 is 1.46 bits per heavy atom. The zero-order valence-corrected chi connectivity index (χ0v) is 14.3. The molecule has 1 aromatic rings. The molecule has 1 fully saturated rings. The van der Waals surface area contributed by atoms with E-state index in [1.54, 1.807) is 9.80 Å². The van der Waals surface area contributed by atoms with Crippen LogP contribution in [0, 0.1) is 6.92 Å². The van der Waals surface area contributed by atoms with Crippen molar-refractivity contribution >= 4 is 17.8 Å². The van der Waals surface area contributed by atoms with Crippen LogP contribution in [0.1, 0.15) is 24.0 Å². The number of carbonyl (C=O) groups is 3. The molecule has 0 radical (unpaired) electrons. The van der Waals surface area contributed by atoms with Gasteiger partial charge in [0.2, 0.25) is 11.8 Å². The maximum absolute atomic E-state index is 12.3. The number of carbonyl (C=O) groups excluding carboxylic acids is 3. The summed E-state index contributed by atoms with van der Waals surface area (Å²) in [6, 6.07) is 7.95. The van der Waals surface area contributed by atoms with E-state index in [4.69, 9.17) is 0 Å². The number of nitrogens with zero attached hydrogens (tertiary/aromatic N) is 2. The summed E-state index contributed by atoms with van der Waals surface area (Å²) >= 11 is 0. The van der Waals surface area contributed by atoms with E-state index in [2.05, 4.69) is 4.74 Å². The molecule has 0 N–H and O–H groups in total. The number of rotatable bonds is 5. The summed E-state index contributed by atoms with van der Waals surface area (Å²) in [5, 5.41) is 0. The molecule has 1 aliphatic heterocycles. The van der Waals surface area contributed by atoms with Crippen LogP contribution < -0.4 is 0 Å². The van der Waals surface area contributed by atoms with Crippen molar-refractivity contribution in [3.63, 3.8) is 0 Å². The van der Waals surface area contributed by atoms with Crippen molar-refractivity contribution in [1.29, 1.82) is 0 Å². The third-order valence-electron chi connectivity index (χ3n) is 4.23. The number of hydrogen-bond donors (Lipinski definition) is 0. The third-order valence-corrected chi connectivity index (χ3v) is 4.23. The summed E-state index contributed by atoms with van der Waals surface area (Å²) in [5.74, 6) is -0.359. The smallest absolute Gasteiger partial charge is 0.306 e. The van der Waals surface area contributed by atoms with E-state index in [0.717, 1.165) is 5.56 Å². The van der Waals surface area contributed by atoms with Gasteiger partial charge >= 0.3 is 5.97 Å². The fourth-order valence-electron chi connectivity index (χ4n) is 2.67. The van der Waals surface area contributed by atoms with Crippen molar-refractivity contribution in [2.75, 3.05) is 33.3 Å². The molecule has 2 amide bonds. The average Bonchev–Trinajstić information content (AvgIpc) is 2.61. The first-order chi connectivity index (χ1) is 11.5. The highest BCUT2D eigenvalue weighted by molar-refractivity contribution is 5.82. The van der Waals surface area contributed by atoms with E-state index in [-0.39, 0.29) is 30.6 Å². The van der Waals surface area contributed by atoms with Gasteiger partial charge in [-0.3, -0.25) is 14.4 Å². The Hall–Kier alpha value is -2.37. The minimum Gasteiger partial charge on any atom is -0.469 e. The van der Waals surface area contributed by atoms with Crippen LogP contribution in [0.4, 0.5) is 0 Å². The van der Waals surface area contributed by atoms with E-state index in [1.165, 1.54) is 12.7 Å². The van der Waals surface area contributed by atoms with Crippen molar-refractivity contribution in [2.45, 2.75) is 26.2 Å². The van der Waals surface area contributed by atoms with Gasteiger partial charge in [0.1, 0.15) is 0 Å². The lowest BCUT2D eigenvalue weighted by atomic mass is 10.1. The first-order valence-electron chi connectivity index (χ1n) is 8.17. The molecule has 0 unspecified atom stereocenters. The number of hydrogen-bond acceptors (Lipinski definition) is 4. The van der Waals surface area contributed by atoms with Gasteiger partial charge in [-0.25, -0.2) is 0 Å². The maximum Gasteiger partial charge on any atom is 0.306 e. The normalized spacial score (nSPS) is 14.4. The monoisotopic (exact) mass is 332 g/mol. The highest BCUT2D eigenvalue weighted by atomic mass is 16.5. The Bertz CT molecular complexity index is 590. The SMILES string of the molecule is COC(=O)CCC(=O)N1CCN(C(=O)Cc2ccc(C)cc2)CC1. The second-order valence-electron chi connectivity index (χ2n) is 6.00. The summed E-state index contributed by atoms with van der Waals surface area (Å²) in [4.78, 5) is 39.0. The lowest BCUT2D eigenvalue weighted by Crippen LogP contribution is -2.51. The Kier molecular flexibility index (Phi) is 6.35. The predicted octanol–water partition coefficient (Wildman–Crippen LogP) is 1.16. The number of amides is 2. The molecule has 0 atom stereocenters. The van der Waals surface area contributed by atoms with Crippen LogP contribution in [0.15, 0.2) is 24.3 Å². The lowest BCUT2D eigenvalue weighted by Gasteiger charge is -2.35. The molecule has 6 heteroatoms. The number of methoxy groups -OCH3 is 1. The molecule has 6 nitrogen and oxygen atoms in total. The number of benzene rings is 1. The van der Waals surface area contributed by atoms with Gasteiger partial charge in [0.05, 0.1) is 20.0 Å². The van der Waals surface area contributed by atoms with Crippen LogP contribution in [-0.2, 0) is 25.5 Å². The highest BCUT2D eigenvalue weighted by Gasteiger charge is 2.24. The predicted molar refractivity (Wildman–Crippen MR) is 89.3 cm³/mol. The minimum absolute atomic E-state index is 0.0639. The van der Waals surface area contributed by atoms with Crippen molar-refractivity contribution in [3.8, 4) is 0 Å². The van der Waals surface area contributed by atoms with E-state index in [9.17, 15) is 14.4 Å². The molecule has 0 aliphatic carbocycles. The molecule has 2 rings (SSSR count). The molecule has 0 saturated carbocycles. The number of esters is 1. The quantitative estimate of drug-likeness (QED) is 0.759. The summed E-state index contributed by atoms with van der Waals surface area (Å²) in [7, 11) is 1.31. The minimum atomic E-state index is -0.379. The van der Waals surface area contributed by atoms with E-state index in [1.807, 2.05) is 31.2 Å². The Morgan fingerprint density at radius 3 is 2.00 bits per heavy atom. The van der Waals surface area contributed by atoms with Crippen LogP contribution in [0.2, 0.25) is 0 Å². The molecule has 1 saturated heterocycles. The van der Waals surface area contributed by atoms with Crippen molar-refractivity contribution in [3.05, 3.63) is 35.4 Å². The molecular weight excluding hydrogens is 308 g/mol.